The van der Waals surface area contributed by atoms with Crippen molar-refractivity contribution in [1.29, 1.82) is 10.8 Å². The topological polar surface area (TPSA) is 153 Å². The van der Waals surface area contributed by atoms with Crippen molar-refractivity contribution in [2.75, 3.05) is 44.7 Å². The highest BCUT2D eigenvalue weighted by Crippen LogP contribution is 2.38. The molecule has 1 aromatic carbocycles. The molecule has 3 aliphatic heterocycles. The van der Waals surface area contributed by atoms with E-state index in [-0.39, 0.29) is 42.2 Å². The largest absolute Gasteiger partial charge is 0.481 e. The summed E-state index contributed by atoms with van der Waals surface area (Å²) in [6.45, 7) is 4.02. The first-order valence-corrected chi connectivity index (χ1v) is 17.5. The van der Waals surface area contributed by atoms with Crippen LogP contribution in [0.2, 0.25) is 0 Å². The number of carboxylic acids is 1. The second kappa shape index (κ2) is 17.9. The Bertz CT molecular complexity index is 1450. The summed E-state index contributed by atoms with van der Waals surface area (Å²) in [6.07, 6.45) is 8.10. The van der Waals surface area contributed by atoms with Gasteiger partial charge in [0.1, 0.15) is 5.84 Å². The number of carboxylic acid groups (broad SMARTS) is 1. The number of nitrogens with zero attached hydrogens (tertiary/aromatic N) is 3. The number of alkyl halides is 2. The van der Waals surface area contributed by atoms with Gasteiger partial charge < -0.3 is 35.8 Å². The van der Waals surface area contributed by atoms with Crippen LogP contribution in [0.15, 0.2) is 29.6 Å². The van der Waals surface area contributed by atoms with E-state index < -0.39 is 12.4 Å². The van der Waals surface area contributed by atoms with E-state index in [4.69, 9.17) is 10.5 Å². The van der Waals surface area contributed by atoms with Crippen molar-refractivity contribution >= 4 is 41.1 Å². The van der Waals surface area contributed by atoms with Crippen molar-refractivity contribution in [3.05, 3.63) is 46.3 Å². The number of benzene rings is 1. The zero-order chi connectivity index (χ0) is 35.5. The van der Waals surface area contributed by atoms with Gasteiger partial charge in [-0.15, -0.1) is 0 Å². The average Bonchev–Trinajstić information content (AvgIpc) is 3.09. The third kappa shape index (κ3) is 9.88. The van der Waals surface area contributed by atoms with E-state index in [1.165, 1.54) is 19.2 Å². The summed E-state index contributed by atoms with van der Waals surface area (Å²) in [5.41, 5.74) is 3.41. The van der Waals surface area contributed by atoms with Crippen molar-refractivity contribution in [1.82, 2.24) is 20.4 Å². The minimum atomic E-state index is -2.77. The molecule has 0 bridgehead atoms. The molecule has 13 heteroatoms. The fourth-order valence-electron chi connectivity index (χ4n) is 7.00. The summed E-state index contributed by atoms with van der Waals surface area (Å²) >= 11 is 0. The van der Waals surface area contributed by atoms with Gasteiger partial charge in [-0.1, -0.05) is 19.3 Å². The number of amidine groups is 1. The fourth-order valence-corrected chi connectivity index (χ4v) is 7.00. The number of aliphatic carboxylic acids is 1. The Kier molecular flexibility index (Phi) is 13.7. The maximum atomic E-state index is 14.4. The maximum absolute atomic E-state index is 14.4. The number of halogens is 2. The van der Waals surface area contributed by atoms with Gasteiger partial charge in [-0.05, 0) is 61.8 Å². The molecular weight excluding hydrogens is 632 g/mol. The molecule has 0 spiro atoms. The summed E-state index contributed by atoms with van der Waals surface area (Å²) in [6, 6.07) is 3.28. The van der Waals surface area contributed by atoms with Gasteiger partial charge in [-0.2, -0.15) is 0 Å². The Hall–Kier alpha value is -4.29. The van der Waals surface area contributed by atoms with Crippen LogP contribution in [0.3, 0.4) is 0 Å². The number of piperidine rings is 1. The number of unbranched alkanes of at least 4 members (excludes halogenated alkanes) is 4. The summed E-state index contributed by atoms with van der Waals surface area (Å²) in [5.74, 6) is -0.526. The average molecular weight is 684 g/mol. The van der Waals surface area contributed by atoms with E-state index in [9.17, 15) is 28.6 Å². The lowest BCUT2D eigenvalue weighted by Gasteiger charge is -2.39. The number of fused-ring (bicyclic) bond motifs is 1. The van der Waals surface area contributed by atoms with Crippen molar-refractivity contribution in [3.63, 3.8) is 0 Å². The molecule has 268 valence electrons. The van der Waals surface area contributed by atoms with Gasteiger partial charge in [0.2, 0.25) is 11.8 Å². The van der Waals surface area contributed by atoms with Gasteiger partial charge in [-0.3, -0.25) is 19.8 Å². The monoisotopic (exact) mass is 683 g/mol. The highest BCUT2D eigenvalue weighted by molar-refractivity contribution is 6.11. The van der Waals surface area contributed by atoms with E-state index in [0.29, 0.717) is 74.3 Å². The van der Waals surface area contributed by atoms with E-state index in [1.54, 1.807) is 22.9 Å². The normalized spacial score (nSPS) is 17.2. The number of nitrogens with one attached hydrogen (secondary N) is 4. The molecular formula is C36H51F2N7O4. The van der Waals surface area contributed by atoms with Crippen LogP contribution in [-0.2, 0) is 20.8 Å². The smallest absolute Gasteiger partial charge is 0.303 e. The third-order valence-corrected chi connectivity index (χ3v) is 9.72. The summed E-state index contributed by atoms with van der Waals surface area (Å²) in [7, 11) is 1.66. The van der Waals surface area contributed by atoms with Crippen molar-refractivity contribution < 1.29 is 28.3 Å². The first-order valence-electron chi connectivity index (χ1n) is 17.5. The molecule has 1 aromatic rings. The van der Waals surface area contributed by atoms with Crippen LogP contribution in [-0.4, -0.2) is 90.6 Å². The number of rotatable bonds is 15. The predicted octanol–water partition coefficient (Wildman–Crippen LogP) is 5.47. The second-order valence-corrected chi connectivity index (χ2v) is 13.1. The lowest BCUT2D eigenvalue weighted by Crippen LogP contribution is -2.48. The van der Waals surface area contributed by atoms with Crippen LogP contribution < -0.4 is 15.5 Å². The number of hydrogen-bond acceptors (Lipinski definition) is 7. The fraction of sp³-hybridized carbons (Fsp3) is 0.583. The molecule has 3 aliphatic rings. The van der Waals surface area contributed by atoms with E-state index in [1.807, 2.05) is 4.90 Å². The number of hydrogen-bond donors (Lipinski definition) is 5. The van der Waals surface area contributed by atoms with E-state index in [0.717, 1.165) is 62.4 Å². The van der Waals surface area contributed by atoms with Crippen molar-refractivity contribution in [3.8, 4) is 0 Å². The highest BCUT2D eigenvalue weighted by atomic mass is 19.3. The molecule has 3 heterocycles. The Labute approximate surface area is 287 Å². The minimum absolute atomic E-state index is 0.0874. The molecule has 4 rings (SSSR count). The first-order chi connectivity index (χ1) is 23.5. The first kappa shape index (κ1) is 37.5. The Morgan fingerprint density at radius 2 is 1.69 bits per heavy atom. The molecule has 0 aliphatic carbocycles. The van der Waals surface area contributed by atoms with E-state index >= 15 is 0 Å². The predicted molar refractivity (Wildman–Crippen MR) is 187 cm³/mol. The molecule has 0 aromatic heterocycles. The molecule has 49 heavy (non-hydrogen) atoms. The number of carbonyl (C=O) groups is 3. The lowest BCUT2D eigenvalue weighted by atomic mass is 9.91. The maximum Gasteiger partial charge on any atom is 0.303 e. The summed E-state index contributed by atoms with van der Waals surface area (Å²) in [5, 5.41) is 32.4. The van der Waals surface area contributed by atoms with Crippen LogP contribution in [0.5, 0.6) is 0 Å². The van der Waals surface area contributed by atoms with Gasteiger partial charge in [0.15, 0.2) is 0 Å². The van der Waals surface area contributed by atoms with Crippen LogP contribution in [0.4, 0.5) is 14.5 Å². The van der Waals surface area contributed by atoms with Crippen LogP contribution in [0.1, 0.15) is 101 Å². The quantitative estimate of drug-likeness (QED) is 0.0935. The molecule has 2 amide bonds. The second-order valence-electron chi connectivity index (χ2n) is 13.1. The van der Waals surface area contributed by atoms with Gasteiger partial charge in [0.25, 0.3) is 6.43 Å². The SMILES string of the molecule is CN/C=C(\C=N)c1cc2c(cc1C(F)F)N(C(=N)C1=C(NC3CCN(C(=O)CCCCCCCC(=O)O)CC3)CCN(C(C)=O)C1)CCC2. The Balaban J connectivity index is 1.46. The summed E-state index contributed by atoms with van der Waals surface area (Å²) < 4.78 is 28.8. The number of likely N-dealkylation sites (tertiary alicyclic amines) is 1. The minimum Gasteiger partial charge on any atom is -0.481 e. The van der Waals surface area contributed by atoms with Gasteiger partial charge in [0, 0.05) is 106 Å². The zero-order valence-corrected chi connectivity index (χ0v) is 28.8. The molecule has 5 N–H and O–H groups in total. The third-order valence-electron chi connectivity index (χ3n) is 9.72. The summed E-state index contributed by atoms with van der Waals surface area (Å²) in [4.78, 5) is 41.3. The number of aryl methyl sites for hydroxylation is 1. The number of carbonyl (C=O) groups excluding carboxylic acids is 2. The molecule has 0 unspecified atom stereocenters. The molecule has 0 atom stereocenters. The van der Waals surface area contributed by atoms with Crippen LogP contribution in [0, 0.1) is 10.8 Å². The van der Waals surface area contributed by atoms with Gasteiger partial charge in [-0.25, -0.2) is 8.78 Å². The molecule has 11 nitrogen and oxygen atoms in total. The van der Waals surface area contributed by atoms with Gasteiger partial charge in [0.05, 0.1) is 6.54 Å². The van der Waals surface area contributed by atoms with Crippen LogP contribution in [0.25, 0.3) is 5.57 Å². The van der Waals surface area contributed by atoms with Crippen molar-refractivity contribution in [2.45, 2.75) is 96.4 Å². The number of anilines is 1. The number of allylic oxidation sites excluding steroid dienone is 1. The standard InChI is InChI=1S/C36H51F2N7O4/c1-24(46)44-18-14-31(42-27-12-16-43(17-13-27)33(47)10-6-4-3-5-7-11-34(48)49)30(23-44)36(40)45-15-8-9-25-19-28(26(21-39)22-41-2)29(35(37)38)20-32(25)45/h19-22,27,35,39-42H,3-18,23H2,1-2H3,(H,48,49)/b26-22+,39-21?,40-36?. The zero-order valence-electron chi connectivity index (χ0n) is 28.8. The van der Waals surface area contributed by atoms with Crippen molar-refractivity contribution in [2.24, 2.45) is 0 Å². The molecule has 0 radical (unpaired) electrons. The Morgan fingerprint density at radius 1 is 1.00 bits per heavy atom. The van der Waals surface area contributed by atoms with Gasteiger partial charge >= 0.3 is 5.97 Å². The molecule has 0 saturated carbocycles. The van der Waals surface area contributed by atoms with E-state index in [2.05, 4.69) is 10.6 Å². The number of amides is 2. The lowest BCUT2D eigenvalue weighted by molar-refractivity contribution is -0.137. The van der Waals surface area contributed by atoms with Crippen LogP contribution >= 0.6 is 0 Å². The Morgan fingerprint density at radius 3 is 2.33 bits per heavy atom. The highest BCUT2D eigenvalue weighted by Gasteiger charge is 2.32. The molecule has 1 saturated heterocycles. The molecule has 1 fully saturated rings.